The van der Waals surface area contributed by atoms with Gasteiger partial charge in [-0.2, -0.15) is 0 Å². The fraction of sp³-hybridized carbons (Fsp3) is 0.286. The van der Waals surface area contributed by atoms with E-state index in [2.05, 4.69) is 4.98 Å². The van der Waals surface area contributed by atoms with Crippen LogP contribution in [0.15, 0.2) is 53.2 Å². The highest BCUT2D eigenvalue weighted by molar-refractivity contribution is 7.20. The van der Waals surface area contributed by atoms with Crippen molar-refractivity contribution in [2.75, 3.05) is 6.61 Å². The lowest BCUT2D eigenvalue weighted by Crippen LogP contribution is -2.39. The Balaban J connectivity index is 1.52. The molecule has 2 aromatic heterocycles. The SMILES string of the molecule is CC(C)N(Cc1ccccc1)C(=O)COC(=O)Cc1csc(-c2cccs2)n1. The van der Waals surface area contributed by atoms with Gasteiger partial charge in [-0.1, -0.05) is 36.4 Å². The van der Waals surface area contributed by atoms with E-state index in [0.29, 0.717) is 12.2 Å². The Bertz CT molecular complexity index is 905. The van der Waals surface area contributed by atoms with Gasteiger partial charge in [-0.05, 0) is 30.9 Å². The van der Waals surface area contributed by atoms with Crippen LogP contribution in [0.1, 0.15) is 25.1 Å². The van der Waals surface area contributed by atoms with Crippen LogP contribution in [-0.4, -0.2) is 34.4 Å². The Morgan fingerprint density at radius 3 is 2.57 bits per heavy atom. The molecule has 3 rings (SSSR count). The molecule has 0 atom stereocenters. The first-order valence-corrected chi connectivity index (χ1v) is 10.8. The van der Waals surface area contributed by atoms with Crippen LogP contribution in [0.4, 0.5) is 0 Å². The number of hydrogen-bond acceptors (Lipinski definition) is 6. The molecule has 0 aliphatic rings. The topological polar surface area (TPSA) is 59.5 Å². The van der Waals surface area contributed by atoms with Crippen molar-refractivity contribution in [2.24, 2.45) is 0 Å². The summed E-state index contributed by atoms with van der Waals surface area (Å²) < 4.78 is 5.21. The highest BCUT2D eigenvalue weighted by atomic mass is 32.1. The van der Waals surface area contributed by atoms with Gasteiger partial charge in [-0.15, -0.1) is 22.7 Å². The number of ether oxygens (including phenoxy) is 1. The summed E-state index contributed by atoms with van der Waals surface area (Å²) in [7, 11) is 0. The van der Waals surface area contributed by atoms with E-state index in [1.807, 2.05) is 67.1 Å². The third-order valence-electron chi connectivity index (χ3n) is 4.11. The van der Waals surface area contributed by atoms with E-state index in [0.717, 1.165) is 15.4 Å². The number of carbonyl (C=O) groups excluding carboxylic acids is 2. The molecular formula is C21H22N2O3S2. The van der Waals surface area contributed by atoms with Gasteiger partial charge >= 0.3 is 5.97 Å². The second-order valence-corrected chi connectivity index (χ2v) is 8.37. The van der Waals surface area contributed by atoms with E-state index < -0.39 is 5.97 Å². The normalized spacial score (nSPS) is 10.8. The van der Waals surface area contributed by atoms with Gasteiger partial charge in [-0.25, -0.2) is 4.98 Å². The predicted molar refractivity (Wildman–Crippen MR) is 112 cm³/mol. The molecular weight excluding hydrogens is 392 g/mol. The minimum atomic E-state index is -0.445. The number of benzene rings is 1. The zero-order chi connectivity index (χ0) is 19.9. The Kier molecular flexibility index (Phi) is 6.95. The molecule has 0 bridgehead atoms. The number of carbonyl (C=O) groups is 2. The maximum Gasteiger partial charge on any atom is 0.312 e. The smallest absolute Gasteiger partial charge is 0.312 e. The molecule has 5 nitrogen and oxygen atoms in total. The summed E-state index contributed by atoms with van der Waals surface area (Å²) >= 11 is 3.11. The maximum atomic E-state index is 12.5. The molecule has 28 heavy (non-hydrogen) atoms. The second-order valence-electron chi connectivity index (χ2n) is 6.56. The van der Waals surface area contributed by atoms with Crippen LogP contribution in [0.3, 0.4) is 0 Å². The minimum Gasteiger partial charge on any atom is -0.455 e. The fourth-order valence-corrected chi connectivity index (χ4v) is 4.30. The molecule has 0 radical (unpaired) electrons. The average Bonchev–Trinajstić information content (AvgIpc) is 3.36. The van der Waals surface area contributed by atoms with E-state index in [1.54, 1.807) is 16.2 Å². The van der Waals surface area contributed by atoms with Crippen LogP contribution in [0, 0.1) is 0 Å². The van der Waals surface area contributed by atoms with Crippen molar-refractivity contribution in [2.45, 2.75) is 32.9 Å². The summed E-state index contributed by atoms with van der Waals surface area (Å²) in [5.41, 5.74) is 1.70. The summed E-state index contributed by atoms with van der Waals surface area (Å²) in [5, 5.41) is 4.74. The Morgan fingerprint density at radius 1 is 1.11 bits per heavy atom. The van der Waals surface area contributed by atoms with Crippen LogP contribution < -0.4 is 0 Å². The van der Waals surface area contributed by atoms with Crippen LogP contribution in [0.2, 0.25) is 0 Å². The monoisotopic (exact) mass is 414 g/mol. The highest BCUT2D eigenvalue weighted by Gasteiger charge is 2.19. The number of rotatable bonds is 8. The molecule has 0 saturated carbocycles. The largest absolute Gasteiger partial charge is 0.455 e. The molecule has 0 aliphatic heterocycles. The van der Waals surface area contributed by atoms with Gasteiger partial charge in [0.2, 0.25) is 0 Å². The van der Waals surface area contributed by atoms with Gasteiger partial charge in [-0.3, -0.25) is 9.59 Å². The number of aromatic nitrogens is 1. The van der Waals surface area contributed by atoms with Crippen LogP contribution in [0.5, 0.6) is 0 Å². The molecule has 0 spiro atoms. The van der Waals surface area contributed by atoms with Gasteiger partial charge in [0.1, 0.15) is 5.01 Å². The summed E-state index contributed by atoms with van der Waals surface area (Å²) in [4.78, 5) is 31.9. The van der Waals surface area contributed by atoms with Crippen molar-refractivity contribution in [1.29, 1.82) is 0 Å². The van der Waals surface area contributed by atoms with Gasteiger partial charge in [0, 0.05) is 18.0 Å². The molecule has 7 heteroatoms. The molecule has 0 aliphatic carbocycles. The molecule has 3 aromatic rings. The maximum absolute atomic E-state index is 12.5. The van der Waals surface area contributed by atoms with Crippen molar-refractivity contribution < 1.29 is 14.3 Å². The van der Waals surface area contributed by atoms with E-state index >= 15 is 0 Å². The molecule has 1 amide bonds. The summed E-state index contributed by atoms with van der Waals surface area (Å²) in [6, 6.07) is 13.7. The first-order valence-electron chi connectivity index (χ1n) is 9.00. The third kappa shape index (κ3) is 5.50. The number of thiazole rings is 1. The minimum absolute atomic E-state index is 0.0123. The quantitative estimate of drug-likeness (QED) is 0.513. The van der Waals surface area contributed by atoms with Crippen molar-refractivity contribution >= 4 is 34.6 Å². The number of hydrogen-bond donors (Lipinski definition) is 0. The first kappa shape index (κ1) is 20.2. The molecule has 0 unspecified atom stereocenters. The summed E-state index contributed by atoms with van der Waals surface area (Å²) in [6.45, 7) is 4.13. The number of esters is 1. The Hall–Kier alpha value is -2.51. The number of thiophene rings is 1. The Morgan fingerprint density at radius 2 is 1.89 bits per heavy atom. The molecule has 1 aromatic carbocycles. The van der Waals surface area contributed by atoms with Crippen molar-refractivity contribution in [1.82, 2.24) is 9.88 Å². The predicted octanol–water partition coefficient (Wildman–Crippen LogP) is 4.39. The number of amides is 1. The van der Waals surface area contributed by atoms with Crippen molar-refractivity contribution in [3.05, 3.63) is 64.5 Å². The Labute approximate surface area is 172 Å². The number of nitrogens with zero attached hydrogens (tertiary/aromatic N) is 2. The second kappa shape index (κ2) is 9.61. The van der Waals surface area contributed by atoms with E-state index in [1.165, 1.54) is 11.3 Å². The first-order chi connectivity index (χ1) is 13.5. The van der Waals surface area contributed by atoms with E-state index in [9.17, 15) is 9.59 Å². The molecule has 146 valence electrons. The highest BCUT2D eigenvalue weighted by Crippen LogP contribution is 2.27. The lowest BCUT2D eigenvalue weighted by Gasteiger charge is -2.26. The lowest BCUT2D eigenvalue weighted by molar-refractivity contribution is -0.152. The van der Waals surface area contributed by atoms with Gasteiger partial charge in [0.25, 0.3) is 5.91 Å². The van der Waals surface area contributed by atoms with Crippen molar-refractivity contribution in [3.63, 3.8) is 0 Å². The fourth-order valence-electron chi connectivity index (χ4n) is 2.66. The molecule has 0 saturated heterocycles. The molecule has 2 heterocycles. The standard InChI is InChI=1S/C21H22N2O3S2/c1-15(2)23(12-16-7-4-3-5-8-16)19(24)13-26-20(25)11-17-14-28-21(22-17)18-9-6-10-27-18/h3-10,14-15H,11-13H2,1-2H3. The van der Waals surface area contributed by atoms with Gasteiger partial charge in [0.05, 0.1) is 17.0 Å². The van der Waals surface area contributed by atoms with Crippen molar-refractivity contribution in [3.8, 4) is 9.88 Å². The van der Waals surface area contributed by atoms with Gasteiger partial charge in [0.15, 0.2) is 6.61 Å². The zero-order valence-electron chi connectivity index (χ0n) is 15.8. The van der Waals surface area contributed by atoms with Crippen LogP contribution in [-0.2, 0) is 27.3 Å². The third-order valence-corrected chi connectivity index (χ3v) is 6.04. The molecule has 0 N–H and O–H groups in total. The average molecular weight is 415 g/mol. The van der Waals surface area contributed by atoms with Gasteiger partial charge < -0.3 is 9.64 Å². The van der Waals surface area contributed by atoms with Crippen LogP contribution in [0.25, 0.3) is 9.88 Å². The van der Waals surface area contributed by atoms with E-state index in [-0.39, 0.29) is 25.0 Å². The summed E-state index contributed by atoms with van der Waals surface area (Å²) in [6.07, 6.45) is 0.0650. The van der Waals surface area contributed by atoms with E-state index in [4.69, 9.17) is 4.74 Å². The van der Waals surface area contributed by atoms with Crippen LogP contribution >= 0.6 is 22.7 Å². The zero-order valence-corrected chi connectivity index (χ0v) is 17.5. The lowest BCUT2D eigenvalue weighted by atomic mass is 10.2. The molecule has 0 fully saturated rings. The summed E-state index contributed by atoms with van der Waals surface area (Å²) in [5.74, 6) is -0.649.